The lowest BCUT2D eigenvalue weighted by Crippen LogP contribution is -2.50. The van der Waals surface area contributed by atoms with Crippen molar-refractivity contribution in [1.82, 2.24) is 15.2 Å². The predicted molar refractivity (Wildman–Crippen MR) is 101 cm³/mol. The lowest BCUT2D eigenvalue weighted by atomic mass is 10.2. The third-order valence-corrected chi connectivity index (χ3v) is 4.98. The van der Waals surface area contributed by atoms with Gasteiger partial charge in [-0.2, -0.15) is 13.2 Å². The highest BCUT2D eigenvalue weighted by molar-refractivity contribution is 7.14. The van der Waals surface area contributed by atoms with E-state index >= 15 is 0 Å². The SMILES string of the molecule is CC(NC(=O)c1csc(Nc2cccc(C(F)(F)F)c2)n1)C(=O)N1CCOCC1. The number of nitrogens with one attached hydrogen (secondary N) is 2. The number of nitrogens with zero attached hydrogens (tertiary/aromatic N) is 2. The molecule has 0 aliphatic carbocycles. The smallest absolute Gasteiger partial charge is 0.378 e. The maximum absolute atomic E-state index is 12.8. The molecule has 2 amide bonds. The minimum absolute atomic E-state index is 0.0751. The topological polar surface area (TPSA) is 83.6 Å². The zero-order valence-electron chi connectivity index (χ0n) is 15.5. The Labute approximate surface area is 168 Å². The summed E-state index contributed by atoms with van der Waals surface area (Å²) in [6.07, 6.45) is -4.45. The second-order valence-electron chi connectivity index (χ2n) is 6.37. The van der Waals surface area contributed by atoms with Crippen LogP contribution in [0.2, 0.25) is 0 Å². The van der Waals surface area contributed by atoms with Crippen molar-refractivity contribution < 1.29 is 27.5 Å². The Morgan fingerprint density at radius 1 is 1.28 bits per heavy atom. The van der Waals surface area contributed by atoms with Crippen molar-refractivity contribution in [2.75, 3.05) is 31.6 Å². The van der Waals surface area contributed by atoms with E-state index < -0.39 is 23.7 Å². The number of hydrogen-bond acceptors (Lipinski definition) is 6. The highest BCUT2D eigenvalue weighted by Gasteiger charge is 2.30. The highest BCUT2D eigenvalue weighted by Crippen LogP contribution is 2.31. The molecule has 1 aromatic heterocycles. The summed E-state index contributed by atoms with van der Waals surface area (Å²) in [5, 5.41) is 7.09. The fraction of sp³-hybridized carbons (Fsp3) is 0.389. The van der Waals surface area contributed by atoms with Crippen LogP contribution in [0.3, 0.4) is 0 Å². The molecule has 7 nitrogen and oxygen atoms in total. The van der Waals surface area contributed by atoms with Gasteiger partial charge in [0.05, 0.1) is 18.8 Å². The van der Waals surface area contributed by atoms with Gasteiger partial charge in [-0.1, -0.05) is 6.07 Å². The number of carbonyl (C=O) groups excluding carboxylic acids is 2. The first-order valence-electron chi connectivity index (χ1n) is 8.81. The van der Waals surface area contributed by atoms with Crippen molar-refractivity contribution in [3.8, 4) is 0 Å². The Hall–Kier alpha value is -2.66. The van der Waals surface area contributed by atoms with Crippen LogP contribution in [0.15, 0.2) is 29.6 Å². The molecule has 0 spiro atoms. The van der Waals surface area contributed by atoms with E-state index in [2.05, 4.69) is 15.6 Å². The van der Waals surface area contributed by atoms with Gasteiger partial charge >= 0.3 is 6.18 Å². The highest BCUT2D eigenvalue weighted by atomic mass is 32.1. The molecule has 2 heterocycles. The fourth-order valence-electron chi connectivity index (χ4n) is 2.72. The van der Waals surface area contributed by atoms with E-state index in [1.54, 1.807) is 11.8 Å². The van der Waals surface area contributed by atoms with Gasteiger partial charge in [0.25, 0.3) is 5.91 Å². The van der Waals surface area contributed by atoms with E-state index in [1.807, 2.05) is 0 Å². The Balaban J connectivity index is 1.60. The van der Waals surface area contributed by atoms with Crippen LogP contribution in [0.5, 0.6) is 0 Å². The number of rotatable bonds is 5. The summed E-state index contributed by atoms with van der Waals surface area (Å²) in [5.41, 5.74) is -0.504. The largest absolute Gasteiger partial charge is 0.416 e. The quantitative estimate of drug-likeness (QED) is 0.765. The molecule has 29 heavy (non-hydrogen) atoms. The second-order valence-corrected chi connectivity index (χ2v) is 7.23. The first kappa shape index (κ1) is 21.1. The standard InChI is InChI=1S/C18H19F3N4O3S/c1-11(16(27)25-5-7-28-8-6-25)22-15(26)14-10-29-17(24-14)23-13-4-2-3-12(9-13)18(19,20)21/h2-4,9-11H,5-8H2,1H3,(H,22,26)(H,23,24). The van der Waals surface area contributed by atoms with Crippen molar-refractivity contribution in [1.29, 1.82) is 0 Å². The number of anilines is 2. The van der Waals surface area contributed by atoms with E-state index in [1.165, 1.54) is 17.5 Å². The Bertz CT molecular complexity index is 881. The average Bonchev–Trinajstić information content (AvgIpc) is 3.16. The van der Waals surface area contributed by atoms with Crippen molar-refractivity contribution in [3.63, 3.8) is 0 Å². The van der Waals surface area contributed by atoms with Gasteiger partial charge in [-0.15, -0.1) is 11.3 Å². The van der Waals surface area contributed by atoms with E-state index in [4.69, 9.17) is 4.74 Å². The minimum Gasteiger partial charge on any atom is -0.378 e. The molecule has 2 aromatic rings. The molecule has 1 atom stereocenters. The molecule has 0 radical (unpaired) electrons. The molecule has 1 aliphatic rings. The zero-order valence-corrected chi connectivity index (χ0v) is 16.3. The first-order chi connectivity index (χ1) is 13.7. The molecule has 0 saturated carbocycles. The molecule has 1 aliphatic heterocycles. The molecular weight excluding hydrogens is 409 g/mol. The molecule has 3 rings (SSSR count). The lowest BCUT2D eigenvalue weighted by Gasteiger charge is -2.29. The van der Waals surface area contributed by atoms with Gasteiger partial charge in [0.1, 0.15) is 11.7 Å². The number of halogens is 3. The summed E-state index contributed by atoms with van der Waals surface area (Å²) in [4.78, 5) is 30.4. The average molecular weight is 428 g/mol. The van der Waals surface area contributed by atoms with Gasteiger partial charge < -0.3 is 20.3 Å². The van der Waals surface area contributed by atoms with Crippen LogP contribution in [0.4, 0.5) is 24.0 Å². The van der Waals surface area contributed by atoms with E-state index in [9.17, 15) is 22.8 Å². The second kappa shape index (κ2) is 8.78. The summed E-state index contributed by atoms with van der Waals surface area (Å²) >= 11 is 1.07. The zero-order chi connectivity index (χ0) is 21.0. The molecule has 11 heteroatoms. The van der Waals surface area contributed by atoms with Gasteiger partial charge in [0.2, 0.25) is 5.91 Å². The molecule has 1 aromatic carbocycles. The summed E-state index contributed by atoms with van der Waals surface area (Å²) in [5.74, 6) is -0.744. The molecular formula is C18H19F3N4O3S. The van der Waals surface area contributed by atoms with Crippen LogP contribution in [0.25, 0.3) is 0 Å². The van der Waals surface area contributed by atoms with Crippen molar-refractivity contribution in [2.24, 2.45) is 0 Å². The Morgan fingerprint density at radius 3 is 2.69 bits per heavy atom. The third kappa shape index (κ3) is 5.45. The van der Waals surface area contributed by atoms with Gasteiger partial charge in [-0.05, 0) is 25.1 Å². The van der Waals surface area contributed by atoms with Crippen LogP contribution in [0.1, 0.15) is 23.0 Å². The first-order valence-corrected chi connectivity index (χ1v) is 9.69. The Morgan fingerprint density at radius 2 is 2.00 bits per heavy atom. The number of thiazole rings is 1. The van der Waals surface area contributed by atoms with Crippen LogP contribution in [0, 0.1) is 0 Å². The van der Waals surface area contributed by atoms with Crippen LogP contribution < -0.4 is 10.6 Å². The van der Waals surface area contributed by atoms with Gasteiger partial charge in [0, 0.05) is 24.2 Å². The number of carbonyl (C=O) groups is 2. The molecule has 1 saturated heterocycles. The number of alkyl halides is 3. The van der Waals surface area contributed by atoms with E-state index in [-0.39, 0.29) is 22.4 Å². The molecule has 156 valence electrons. The van der Waals surface area contributed by atoms with Gasteiger partial charge in [-0.3, -0.25) is 9.59 Å². The minimum atomic E-state index is -4.45. The number of amides is 2. The third-order valence-electron chi connectivity index (χ3n) is 4.22. The lowest BCUT2D eigenvalue weighted by molar-refractivity contribution is -0.138. The summed E-state index contributed by atoms with van der Waals surface area (Å²) < 4.78 is 43.6. The maximum Gasteiger partial charge on any atom is 0.416 e. The van der Waals surface area contributed by atoms with E-state index in [0.717, 1.165) is 23.5 Å². The fourth-order valence-corrected chi connectivity index (χ4v) is 3.43. The van der Waals surface area contributed by atoms with Crippen LogP contribution >= 0.6 is 11.3 Å². The molecule has 2 N–H and O–H groups in total. The normalized spacial score (nSPS) is 15.7. The van der Waals surface area contributed by atoms with Gasteiger partial charge in [0.15, 0.2) is 5.13 Å². The summed E-state index contributed by atoms with van der Waals surface area (Å²) in [7, 11) is 0. The van der Waals surface area contributed by atoms with Gasteiger partial charge in [-0.25, -0.2) is 4.98 Å². The van der Waals surface area contributed by atoms with Crippen LogP contribution in [-0.2, 0) is 15.7 Å². The monoisotopic (exact) mass is 428 g/mol. The predicted octanol–water partition coefficient (Wildman–Crippen LogP) is 2.88. The summed E-state index contributed by atoms with van der Waals surface area (Å²) in [6, 6.07) is 3.95. The number of ether oxygens (including phenoxy) is 1. The Kier molecular flexibility index (Phi) is 6.38. The number of aromatic nitrogens is 1. The van der Waals surface area contributed by atoms with Crippen molar-refractivity contribution in [2.45, 2.75) is 19.1 Å². The maximum atomic E-state index is 12.8. The molecule has 1 fully saturated rings. The number of hydrogen-bond donors (Lipinski definition) is 2. The van der Waals surface area contributed by atoms with Crippen LogP contribution in [-0.4, -0.2) is 54.0 Å². The molecule has 0 bridgehead atoms. The van der Waals surface area contributed by atoms with Crippen molar-refractivity contribution >= 4 is 34.0 Å². The van der Waals surface area contributed by atoms with E-state index in [0.29, 0.717) is 26.3 Å². The molecule has 1 unspecified atom stereocenters. The number of benzene rings is 1. The van der Waals surface area contributed by atoms with Crippen molar-refractivity contribution in [3.05, 3.63) is 40.9 Å². The number of morpholine rings is 1. The summed E-state index contributed by atoms with van der Waals surface area (Å²) in [6.45, 7) is 3.46.